The number of piperidine rings is 1. The number of ether oxygens (including phenoxy) is 1. The molecule has 2 aromatic rings. The Morgan fingerprint density at radius 3 is 1.92 bits per heavy atom. The number of thioether (sulfide) groups is 1. The van der Waals surface area contributed by atoms with E-state index in [4.69, 9.17) is 34.4 Å². The van der Waals surface area contributed by atoms with Crippen molar-refractivity contribution in [1.29, 1.82) is 0 Å². The van der Waals surface area contributed by atoms with Gasteiger partial charge in [-0.15, -0.1) is 0 Å². The highest BCUT2D eigenvalue weighted by atomic mass is 32.2. The van der Waals surface area contributed by atoms with Gasteiger partial charge in [-0.05, 0) is 67.0 Å². The van der Waals surface area contributed by atoms with Gasteiger partial charge in [-0.1, -0.05) is 42.5 Å². The number of aliphatic carboxylic acids is 3. The lowest BCUT2D eigenvalue weighted by Crippen LogP contribution is -2.50. The molecule has 0 spiro atoms. The Labute approximate surface area is 341 Å². The van der Waals surface area contributed by atoms with E-state index in [1.165, 1.54) is 7.11 Å². The van der Waals surface area contributed by atoms with E-state index in [1.807, 2.05) is 24.5 Å². The highest BCUT2D eigenvalue weighted by molar-refractivity contribution is 7.98. The molecule has 0 aliphatic carbocycles. The summed E-state index contributed by atoms with van der Waals surface area (Å²) < 4.78 is 100. The maximum absolute atomic E-state index is 13.4. The molecule has 338 valence electrons. The van der Waals surface area contributed by atoms with E-state index in [2.05, 4.69) is 44.7 Å². The van der Waals surface area contributed by atoms with Gasteiger partial charge in [-0.2, -0.15) is 51.3 Å². The Kier molecular flexibility index (Phi) is 22.2. The lowest BCUT2D eigenvalue weighted by Gasteiger charge is -2.34. The Bertz CT molecular complexity index is 1660. The quantitative estimate of drug-likeness (QED) is 0.142. The van der Waals surface area contributed by atoms with Crippen molar-refractivity contribution in [1.82, 2.24) is 20.4 Å². The number of carbonyl (C=O) groups is 6. The number of carboxylic acids is 3. The number of rotatable bonds is 12. The summed E-state index contributed by atoms with van der Waals surface area (Å²) in [4.78, 5) is 69.9. The second-order valence-corrected chi connectivity index (χ2v) is 14.0. The van der Waals surface area contributed by atoms with Crippen molar-refractivity contribution in [2.24, 2.45) is 5.92 Å². The van der Waals surface area contributed by atoms with Crippen LogP contribution in [0.4, 0.5) is 39.5 Å². The molecular formula is C36H45F9N4O10S. The number of nitrogens with one attached hydrogen (secondary N) is 2. The van der Waals surface area contributed by atoms with Crippen LogP contribution in [0.2, 0.25) is 0 Å². The van der Waals surface area contributed by atoms with Gasteiger partial charge in [0.1, 0.15) is 6.04 Å². The van der Waals surface area contributed by atoms with Crippen LogP contribution in [-0.4, -0.2) is 143 Å². The largest absolute Gasteiger partial charge is 0.490 e. The molecule has 5 N–H and O–H groups in total. The molecule has 2 fully saturated rings. The molecule has 0 aromatic heterocycles. The standard InChI is InChI=1S/C30H42N4O4S.3C2HF3O2/c1-38-30(37)27(14-17-39-2)32-28(35)21-33(19-24-10-5-9-22-8-3-4-13-26(22)24)20-25-12-7-16-34(25)29(36)23-11-6-15-31-18-23;3*3-2(4,5)1(6)7/h3-5,8-10,13,23,25,27,31H,6-7,11-12,14-21H2,1-2H3,(H,32,35);3*(H,6,7)/t23?,25-,27?;;;/m0.../s1. The third-order valence-electron chi connectivity index (χ3n) is 8.58. The van der Waals surface area contributed by atoms with Gasteiger partial charge in [0, 0.05) is 32.2 Å². The number of hydrogen-bond donors (Lipinski definition) is 5. The van der Waals surface area contributed by atoms with E-state index in [0.717, 1.165) is 67.4 Å². The van der Waals surface area contributed by atoms with Crippen molar-refractivity contribution in [3.05, 3.63) is 48.0 Å². The normalized spacial score (nSPS) is 17.1. The topological polar surface area (TPSA) is 203 Å². The molecular weight excluding hydrogens is 851 g/mol. The van der Waals surface area contributed by atoms with Gasteiger partial charge in [0.2, 0.25) is 11.8 Å². The molecule has 2 amide bonds. The number of methoxy groups -OCH3 is 1. The molecule has 2 aliphatic rings. The van der Waals surface area contributed by atoms with Crippen LogP contribution in [0, 0.1) is 5.92 Å². The summed E-state index contributed by atoms with van der Waals surface area (Å²) in [5.74, 6) is -7.89. The van der Waals surface area contributed by atoms with Crippen LogP contribution in [0.1, 0.15) is 37.7 Å². The molecule has 24 heteroatoms. The summed E-state index contributed by atoms with van der Waals surface area (Å²) in [5, 5.41) is 30.0. The molecule has 2 aliphatic heterocycles. The van der Waals surface area contributed by atoms with Crippen LogP contribution in [-0.2, 0) is 40.0 Å². The first kappa shape index (κ1) is 53.2. The summed E-state index contributed by atoms with van der Waals surface area (Å²) in [7, 11) is 1.35. The lowest BCUT2D eigenvalue weighted by molar-refractivity contribution is -0.193. The first-order valence-electron chi connectivity index (χ1n) is 17.8. The van der Waals surface area contributed by atoms with Crippen LogP contribution in [0.5, 0.6) is 0 Å². The number of amides is 2. The SMILES string of the molecule is COC(=O)C(CCSC)NC(=O)CN(Cc1cccc2ccccc12)C[C@@H]1CCCN1C(=O)C1CCCNC1.O=C(O)C(F)(F)F.O=C(O)C(F)(F)F.O=C(O)C(F)(F)F. The number of alkyl halides is 9. The predicted octanol–water partition coefficient (Wildman–Crippen LogP) is 4.94. The molecule has 2 heterocycles. The van der Waals surface area contributed by atoms with Crippen molar-refractivity contribution >= 4 is 58.2 Å². The zero-order valence-electron chi connectivity index (χ0n) is 32.2. The fourth-order valence-corrected chi connectivity index (χ4v) is 6.31. The molecule has 0 saturated carbocycles. The number of hydrogen-bond acceptors (Lipinski definition) is 10. The molecule has 0 bridgehead atoms. The minimum Gasteiger partial charge on any atom is -0.475 e. The zero-order valence-corrected chi connectivity index (χ0v) is 33.0. The van der Waals surface area contributed by atoms with E-state index >= 15 is 0 Å². The lowest BCUT2D eigenvalue weighted by atomic mass is 9.97. The highest BCUT2D eigenvalue weighted by Gasteiger charge is 2.40. The van der Waals surface area contributed by atoms with Gasteiger partial charge >= 0.3 is 42.4 Å². The third-order valence-corrected chi connectivity index (χ3v) is 9.22. The number of halogens is 9. The molecule has 14 nitrogen and oxygen atoms in total. The molecule has 2 unspecified atom stereocenters. The van der Waals surface area contributed by atoms with Crippen LogP contribution >= 0.6 is 11.8 Å². The number of carbonyl (C=O) groups excluding carboxylic acids is 3. The van der Waals surface area contributed by atoms with Gasteiger partial charge in [-0.3, -0.25) is 14.5 Å². The predicted molar refractivity (Wildman–Crippen MR) is 198 cm³/mol. The van der Waals surface area contributed by atoms with Gasteiger partial charge in [0.25, 0.3) is 0 Å². The summed E-state index contributed by atoms with van der Waals surface area (Å²) in [6.45, 7) is 3.81. The Morgan fingerprint density at radius 1 is 0.867 bits per heavy atom. The van der Waals surface area contributed by atoms with Crippen molar-refractivity contribution in [3.8, 4) is 0 Å². The molecule has 2 aromatic carbocycles. The Balaban J connectivity index is 0.000000702. The number of nitrogens with zero attached hydrogens (tertiary/aromatic N) is 2. The fraction of sp³-hybridized carbons (Fsp3) is 0.556. The van der Waals surface area contributed by atoms with Crippen LogP contribution in [0.3, 0.4) is 0 Å². The van der Waals surface area contributed by atoms with Gasteiger partial charge in [0.15, 0.2) is 0 Å². The van der Waals surface area contributed by atoms with E-state index in [-0.39, 0.29) is 30.3 Å². The maximum atomic E-state index is 13.4. The van der Waals surface area contributed by atoms with Gasteiger partial charge in [-0.25, -0.2) is 19.2 Å². The third kappa shape index (κ3) is 19.5. The number of esters is 1. The van der Waals surface area contributed by atoms with E-state index in [0.29, 0.717) is 19.5 Å². The van der Waals surface area contributed by atoms with Crippen molar-refractivity contribution < 1.29 is 88.3 Å². The van der Waals surface area contributed by atoms with Crippen LogP contribution < -0.4 is 10.6 Å². The Hall–Kier alpha value is -4.84. The molecule has 60 heavy (non-hydrogen) atoms. The van der Waals surface area contributed by atoms with Crippen molar-refractivity contribution in [3.63, 3.8) is 0 Å². The number of likely N-dealkylation sites (tertiary alicyclic amines) is 1. The Morgan fingerprint density at radius 2 is 1.42 bits per heavy atom. The average Bonchev–Trinajstić information content (AvgIpc) is 3.63. The van der Waals surface area contributed by atoms with Crippen LogP contribution in [0.15, 0.2) is 42.5 Å². The average molecular weight is 897 g/mol. The van der Waals surface area contributed by atoms with Crippen molar-refractivity contribution in [2.75, 3.05) is 51.8 Å². The van der Waals surface area contributed by atoms with Gasteiger partial charge in [0.05, 0.1) is 19.6 Å². The first-order valence-corrected chi connectivity index (χ1v) is 19.2. The van der Waals surface area contributed by atoms with Gasteiger partial charge < -0.3 is 35.6 Å². The van der Waals surface area contributed by atoms with Crippen molar-refractivity contribution in [2.45, 2.75) is 69.3 Å². The second-order valence-electron chi connectivity index (χ2n) is 13.0. The molecule has 3 atom stereocenters. The second kappa shape index (κ2) is 25.1. The van der Waals surface area contributed by atoms with E-state index in [9.17, 15) is 53.9 Å². The monoisotopic (exact) mass is 896 g/mol. The first-order chi connectivity index (χ1) is 27.8. The highest BCUT2D eigenvalue weighted by Crippen LogP contribution is 2.26. The summed E-state index contributed by atoms with van der Waals surface area (Å²) in [5.41, 5.74) is 1.14. The summed E-state index contributed by atoms with van der Waals surface area (Å²) in [6.07, 6.45) is -8.90. The fourth-order valence-electron chi connectivity index (χ4n) is 5.84. The summed E-state index contributed by atoms with van der Waals surface area (Å²) in [6, 6.07) is 13.9. The minimum absolute atomic E-state index is 0.0337. The minimum atomic E-state index is -5.08. The van der Waals surface area contributed by atoms with E-state index in [1.54, 1.807) is 11.8 Å². The summed E-state index contributed by atoms with van der Waals surface area (Å²) >= 11 is 1.63. The number of benzene rings is 2. The maximum Gasteiger partial charge on any atom is 0.490 e. The van der Waals surface area contributed by atoms with Crippen LogP contribution in [0.25, 0.3) is 10.8 Å². The number of fused-ring (bicyclic) bond motifs is 1. The smallest absolute Gasteiger partial charge is 0.475 e. The number of carboxylic acid groups (broad SMARTS) is 3. The zero-order chi connectivity index (χ0) is 45.8. The molecule has 2 saturated heterocycles. The molecule has 4 rings (SSSR count). The molecule has 0 radical (unpaired) electrons. The van der Waals surface area contributed by atoms with E-state index < -0.39 is 48.4 Å².